The summed E-state index contributed by atoms with van der Waals surface area (Å²) in [6.45, 7) is 2.13. The van der Waals surface area contributed by atoms with Gasteiger partial charge in [-0.3, -0.25) is 5.14 Å². The Balaban J connectivity index is 2.32. The van der Waals surface area contributed by atoms with E-state index >= 15 is 0 Å². The zero-order chi connectivity index (χ0) is 10.8. The molecular weight excluding hydrogens is 250 g/mol. The van der Waals surface area contributed by atoms with E-state index in [-0.39, 0.29) is 0 Å². The summed E-state index contributed by atoms with van der Waals surface area (Å²) in [7, 11) is 0. The fourth-order valence-corrected chi connectivity index (χ4v) is 2.99. The maximum absolute atomic E-state index is 6.08. The van der Waals surface area contributed by atoms with Crippen LogP contribution in [-0.4, -0.2) is 6.17 Å². The highest BCUT2D eigenvalue weighted by atomic mass is 35.5. The Kier molecular flexibility index (Phi) is 3.69. The van der Waals surface area contributed by atoms with E-state index in [4.69, 9.17) is 16.7 Å². The van der Waals surface area contributed by atoms with Crippen LogP contribution < -0.4 is 15.2 Å². The van der Waals surface area contributed by atoms with Gasteiger partial charge in [0.2, 0.25) is 0 Å². The molecule has 0 saturated carbocycles. The molecule has 1 aromatic rings. The van der Waals surface area contributed by atoms with Crippen LogP contribution in [0.5, 0.6) is 0 Å². The van der Waals surface area contributed by atoms with Crippen LogP contribution in [0.3, 0.4) is 0 Å². The predicted octanol–water partition coefficient (Wildman–Crippen LogP) is 3.06. The number of nitrogens with one attached hydrogen (secondary N) is 2. The number of anilines is 1. The minimum atomic E-state index is 0.301. The zero-order valence-corrected chi connectivity index (χ0v) is 10.6. The van der Waals surface area contributed by atoms with Gasteiger partial charge < -0.3 is 5.32 Å². The fraction of sp³-hybridized carbons (Fsp3) is 0.333. The number of nitrogens with two attached hydrogens (primary N) is 1. The van der Waals surface area contributed by atoms with Gasteiger partial charge in [0.25, 0.3) is 0 Å². The molecule has 1 heterocycles. The molecule has 3 nitrogen and oxygen atoms in total. The van der Waals surface area contributed by atoms with Crippen molar-refractivity contribution >= 4 is 41.2 Å². The minimum Gasteiger partial charge on any atom is -0.368 e. The second kappa shape index (κ2) is 4.84. The van der Waals surface area contributed by atoms with Crippen LogP contribution in [0.15, 0.2) is 21.9 Å². The molecular formula is C9H12ClN3S2. The molecule has 1 aliphatic rings. The molecule has 0 amide bonds. The number of benzene rings is 1. The minimum absolute atomic E-state index is 0.301. The zero-order valence-electron chi connectivity index (χ0n) is 8.21. The average molecular weight is 262 g/mol. The second-order valence-corrected chi connectivity index (χ2v) is 5.18. The first kappa shape index (κ1) is 11.4. The summed E-state index contributed by atoms with van der Waals surface area (Å²) in [6.07, 6.45) is 1.33. The predicted molar refractivity (Wildman–Crippen MR) is 68.2 cm³/mol. The lowest BCUT2D eigenvalue weighted by Crippen LogP contribution is -2.34. The fourth-order valence-electron chi connectivity index (χ4n) is 1.36. The summed E-state index contributed by atoms with van der Waals surface area (Å²) in [4.78, 5) is 2.04. The number of hydrogen-bond acceptors (Lipinski definition) is 5. The Labute approximate surface area is 103 Å². The van der Waals surface area contributed by atoms with Crippen LogP contribution in [0.25, 0.3) is 0 Å². The molecule has 0 aromatic heterocycles. The van der Waals surface area contributed by atoms with Crippen molar-refractivity contribution in [3.05, 3.63) is 17.2 Å². The van der Waals surface area contributed by atoms with Gasteiger partial charge in [0.1, 0.15) is 0 Å². The molecule has 4 N–H and O–H groups in total. The molecule has 1 aromatic carbocycles. The second-order valence-electron chi connectivity index (χ2n) is 3.22. The van der Waals surface area contributed by atoms with E-state index in [1.54, 1.807) is 11.9 Å². The molecule has 0 aliphatic carbocycles. The summed E-state index contributed by atoms with van der Waals surface area (Å²) in [5, 5.41) is 9.59. The third-order valence-corrected chi connectivity index (χ3v) is 4.19. The van der Waals surface area contributed by atoms with Crippen LogP contribution in [0.4, 0.5) is 5.69 Å². The first-order chi connectivity index (χ1) is 7.24. The smallest absolute Gasteiger partial charge is 0.0860 e. The number of hydrogen-bond donors (Lipinski definition) is 3. The van der Waals surface area contributed by atoms with Crippen LogP contribution in [0.2, 0.25) is 5.02 Å². The molecule has 2 rings (SSSR count). The molecule has 1 unspecified atom stereocenters. The van der Waals surface area contributed by atoms with Crippen molar-refractivity contribution in [2.24, 2.45) is 5.14 Å². The van der Waals surface area contributed by atoms with Crippen molar-refractivity contribution in [3.63, 3.8) is 0 Å². The largest absolute Gasteiger partial charge is 0.368 e. The van der Waals surface area contributed by atoms with Gasteiger partial charge in [-0.15, -0.1) is 0 Å². The van der Waals surface area contributed by atoms with Crippen molar-refractivity contribution in [2.45, 2.75) is 29.3 Å². The first-order valence-corrected chi connectivity index (χ1v) is 6.71. The van der Waals surface area contributed by atoms with E-state index < -0.39 is 0 Å². The van der Waals surface area contributed by atoms with E-state index in [1.165, 1.54) is 11.9 Å². The van der Waals surface area contributed by atoms with Crippen molar-refractivity contribution < 1.29 is 0 Å². The number of rotatable bonds is 2. The van der Waals surface area contributed by atoms with Gasteiger partial charge in [-0.1, -0.05) is 18.5 Å². The van der Waals surface area contributed by atoms with Crippen molar-refractivity contribution in [1.29, 1.82) is 0 Å². The van der Waals surface area contributed by atoms with E-state index in [0.717, 1.165) is 21.9 Å². The van der Waals surface area contributed by atoms with Gasteiger partial charge in [0.05, 0.1) is 16.9 Å². The molecule has 0 bridgehead atoms. The Morgan fingerprint density at radius 2 is 2.40 bits per heavy atom. The van der Waals surface area contributed by atoms with Crippen LogP contribution in [0, 0.1) is 0 Å². The van der Waals surface area contributed by atoms with E-state index in [9.17, 15) is 0 Å². The maximum atomic E-state index is 6.08. The first-order valence-electron chi connectivity index (χ1n) is 4.63. The SMILES string of the molecule is CCC1NSc2cc(SN)c(Cl)cc2N1. The number of fused-ring (bicyclic) bond motifs is 1. The van der Waals surface area contributed by atoms with Crippen LogP contribution >= 0.6 is 35.5 Å². The Bertz CT molecular complexity index is 373. The summed E-state index contributed by atoms with van der Waals surface area (Å²) in [5.41, 5.74) is 1.08. The molecule has 1 atom stereocenters. The molecule has 15 heavy (non-hydrogen) atoms. The molecule has 0 fully saturated rings. The summed E-state index contributed by atoms with van der Waals surface area (Å²) in [6, 6.07) is 3.93. The van der Waals surface area contributed by atoms with Gasteiger partial charge in [-0.2, -0.15) is 0 Å². The standard InChI is InChI=1S/C9H12ClN3S2/c1-2-9-12-6-3-5(10)7(14-11)4-8(6)15-13-9/h3-4,9,12-13H,2,11H2,1H3. The summed E-state index contributed by atoms with van der Waals surface area (Å²) < 4.78 is 3.31. The monoisotopic (exact) mass is 261 g/mol. The highest BCUT2D eigenvalue weighted by Crippen LogP contribution is 2.37. The maximum Gasteiger partial charge on any atom is 0.0860 e. The number of halogens is 1. The quantitative estimate of drug-likeness (QED) is 0.715. The van der Waals surface area contributed by atoms with Crippen molar-refractivity contribution in [1.82, 2.24) is 4.72 Å². The van der Waals surface area contributed by atoms with Crippen molar-refractivity contribution in [3.8, 4) is 0 Å². The molecule has 0 saturated heterocycles. The molecule has 82 valence electrons. The Morgan fingerprint density at radius 3 is 3.07 bits per heavy atom. The van der Waals surface area contributed by atoms with Gasteiger partial charge in [-0.05, 0) is 42.4 Å². The summed E-state index contributed by atoms with van der Waals surface area (Å²) in [5.74, 6) is 0. The molecule has 0 radical (unpaired) electrons. The molecule has 6 heteroatoms. The third kappa shape index (κ3) is 2.37. The normalized spacial score (nSPS) is 19.5. The van der Waals surface area contributed by atoms with Crippen LogP contribution in [-0.2, 0) is 0 Å². The Morgan fingerprint density at radius 1 is 1.60 bits per heavy atom. The highest BCUT2D eigenvalue weighted by Gasteiger charge is 2.17. The van der Waals surface area contributed by atoms with Gasteiger partial charge in [-0.25, -0.2) is 4.72 Å². The van der Waals surface area contributed by atoms with Crippen LogP contribution in [0.1, 0.15) is 13.3 Å². The topological polar surface area (TPSA) is 50.1 Å². The lowest BCUT2D eigenvalue weighted by Gasteiger charge is -2.27. The van der Waals surface area contributed by atoms with E-state index in [0.29, 0.717) is 11.2 Å². The summed E-state index contributed by atoms with van der Waals surface area (Å²) >= 11 is 8.88. The van der Waals surface area contributed by atoms with E-state index in [2.05, 4.69) is 17.0 Å². The molecule has 0 spiro atoms. The van der Waals surface area contributed by atoms with Gasteiger partial charge >= 0.3 is 0 Å². The van der Waals surface area contributed by atoms with Crippen molar-refractivity contribution in [2.75, 3.05) is 5.32 Å². The molecule has 1 aliphatic heterocycles. The lowest BCUT2D eigenvalue weighted by molar-refractivity contribution is 0.673. The van der Waals surface area contributed by atoms with Gasteiger partial charge in [0.15, 0.2) is 0 Å². The van der Waals surface area contributed by atoms with E-state index in [1.807, 2.05) is 12.1 Å². The van der Waals surface area contributed by atoms with Gasteiger partial charge in [0, 0.05) is 9.79 Å². The average Bonchev–Trinajstić information content (AvgIpc) is 2.27. The third-order valence-electron chi connectivity index (χ3n) is 2.21. The highest BCUT2D eigenvalue weighted by molar-refractivity contribution is 7.98. The Hall–Kier alpha value is -0.0700. The lowest BCUT2D eigenvalue weighted by atomic mass is 10.3.